The molecule has 0 aliphatic rings. The highest BCUT2D eigenvalue weighted by Crippen LogP contribution is 2.21. The van der Waals surface area contributed by atoms with E-state index in [2.05, 4.69) is 0 Å². The molecule has 0 unspecified atom stereocenters. The normalized spacial score (nSPS) is 9.14. The zero-order valence-electron chi connectivity index (χ0n) is 3.81. The molecule has 3 heteroatoms. The SMILES string of the molecule is Nc1c[pH]cc1N. The summed E-state index contributed by atoms with van der Waals surface area (Å²) in [7, 11) is 0.695. The Morgan fingerprint density at radius 2 is 1.57 bits per heavy atom. The third-order valence-corrected chi connectivity index (χ3v) is 1.77. The second-order valence-corrected chi connectivity index (χ2v) is 2.28. The van der Waals surface area contributed by atoms with Crippen LogP contribution in [0.2, 0.25) is 0 Å². The van der Waals surface area contributed by atoms with Crippen LogP contribution in [-0.4, -0.2) is 0 Å². The van der Waals surface area contributed by atoms with Gasteiger partial charge in [-0.05, 0) is 11.6 Å². The van der Waals surface area contributed by atoms with Gasteiger partial charge in [-0.15, -0.1) is 8.19 Å². The molecule has 0 amide bonds. The van der Waals surface area contributed by atoms with Crippen LogP contribution < -0.4 is 11.5 Å². The molecule has 1 rings (SSSR count). The molecule has 4 N–H and O–H groups in total. The van der Waals surface area contributed by atoms with E-state index in [0.29, 0.717) is 8.19 Å². The molecule has 0 aliphatic heterocycles. The van der Waals surface area contributed by atoms with E-state index in [0.717, 1.165) is 11.4 Å². The van der Waals surface area contributed by atoms with Gasteiger partial charge in [0.1, 0.15) is 0 Å². The second-order valence-electron chi connectivity index (χ2n) is 1.37. The van der Waals surface area contributed by atoms with Gasteiger partial charge in [0.15, 0.2) is 0 Å². The molecule has 2 nitrogen and oxygen atoms in total. The van der Waals surface area contributed by atoms with Gasteiger partial charge in [-0.25, -0.2) is 0 Å². The number of hydrogen-bond acceptors (Lipinski definition) is 2. The van der Waals surface area contributed by atoms with E-state index in [9.17, 15) is 0 Å². The van der Waals surface area contributed by atoms with Crippen LogP contribution in [0, 0.1) is 0 Å². The van der Waals surface area contributed by atoms with Crippen LogP contribution in [0.4, 0.5) is 11.4 Å². The molecular formula is C4H7N2P. The van der Waals surface area contributed by atoms with Crippen molar-refractivity contribution < 1.29 is 0 Å². The number of nitrogens with two attached hydrogens (primary N) is 2. The lowest BCUT2D eigenvalue weighted by atomic mass is 10.5. The second kappa shape index (κ2) is 1.47. The highest BCUT2D eigenvalue weighted by molar-refractivity contribution is 7.29. The van der Waals surface area contributed by atoms with Crippen LogP contribution in [-0.2, 0) is 0 Å². The van der Waals surface area contributed by atoms with Gasteiger partial charge in [0.25, 0.3) is 0 Å². The van der Waals surface area contributed by atoms with Crippen molar-refractivity contribution in [1.82, 2.24) is 0 Å². The first kappa shape index (κ1) is 4.54. The lowest BCUT2D eigenvalue weighted by Crippen LogP contribution is -1.87. The van der Waals surface area contributed by atoms with Gasteiger partial charge in [-0.3, -0.25) is 0 Å². The van der Waals surface area contributed by atoms with E-state index in [4.69, 9.17) is 11.5 Å². The lowest BCUT2D eigenvalue weighted by Gasteiger charge is -1.83. The summed E-state index contributed by atoms with van der Waals surface area (Å²) in [5.74, 6) is 3.85. The van der Waals surface area contributed by atoms with Crippen LogP contribution in [0.5, 0.6) is 0 Å². The molecule has 0 aliphatic carbocycles. The smallest absolute Gasteiger partial charge is 0.0588 e. The van der Waals surface area contributed by atoms with Gasteiger partial charge in [-0.2, -0.15) is 0 Å². The average molecular weight is 114 g/mol. The predicted molar refractivity (Wildman–Crippen MR) is 34.8 cm³/mol. The number of anilines is 2. The van der Waals surface area contributed by atoms with Crippen molar-refractivity contribution in [3.63, 3.8) is 0 Å². The first-order chi connectivity index (χ1) is 3.30. The summed E-state index contributed by atoms with van der Waals surface area (Å²) in [4.78, 5) is 0. The fourth-order valence-corrected chi connectivity index (χ4v) is 1.16. The van der Waals surface area contributed by atoms with E-state index in [1.807, 2.05) is 11.6 Å². The molecule has 7 heavy (non-hydrogen) atoms. The van der Waals surface area contributed by atoms with Crippen LogP contribution >= 0.6 is 8.19 Å². The van der Waals surface area contributed by atoms with Crippen LogP contribution in [0.1, 0.15) is 0 Å². The first-order valence-electron chi connectivity index (χ1n) is 1.98. The van der Waals surface area contributed by atoms with Crippen LogP contribution in [0.15, 0.2) is 11.6 Å². The Hall–Kier alpha value is -0.620. The number of rotatable bonds is 0. The molecule has 0 fully saturated rings. The van der Waals surface area contributed by atoms with E-state index >= 15 is 0 Å². The van der Waals surface area contributed by atoms with Crippen molar-refractivity contribution >= 4 is 19.6 Å². The maximum Gasteiger partial charge on any atom is 0.0588 e. The molecule has 0 bridgehead atoms. The van der Waals surface area contributed by atoms with E-state index in [1.165, 1.54) is 0 Å². The molecule has 0 atom stereocenters. The van der Waals surface area contributed by atoms with E-state index < -0.39 is 0 Å². The van der Waals surface area contributed by atoms with E-state index in [1.54, 1.807) is 0 Å². The van der Waals surface area contributed by atoms with Gasteiger partial charge in [0, 0.05) is 0 Å². The van der Waals surface area contributed by atoms with Crippen molar-refractivity contribution in [2.75, 3.05) is 11.5 Å². The van der Waals surface area contributed by atoms with Gasteiger partial charge in [0.2, 0.25) is 0 Å². The monoisotopic (exact) mass is 114 g/mol. The zero-order chi connectivity index (χ0) is 5.28. The molecule has 0 spiro atoms. The third-order valence-electron chi connectivity index (χ3n) is 0.811. The lowest BCUT2D eigenvalue weighted by molar-refractivity contribution is 1.82. The van der Waals surface area contributed by atoms with Gasteiger partial charge in [0.05, 0.1) is 11.4 Å². The summed E-state index contributed by atoms with van der Waals surface area (Å²) in [6.07, 6.45) is 0. The number of nitrogen functional groups attached to an aromatic ring is 2. The summed E-state index contributed by atoms with van der Waals surface area (Å²) in [5.41, 5.74) is 12.2. The highest BCUT2D eigenvalue weighted by atomic mass is 31.0. The quantitative estimate of drug-likeness (QED) is 0.526. The fraction of sp³-hybridized carbons (Fsp3) is 0. The molecule has 38 valence electrons. The molecule has 0 saturated heterocycles. The first-order valence-corrected chi connectivity index (χ1v) is 3.14. The largest absolute Gasteiger partial charge is 0.397 e. The minimum absolute atomic E-state index is 0.695. The molecular weight excluding hydrogens is 107 g/mol. The molecule has 1 aromatic heterocycles. The van der Waals surface area contributed by atoms with Crippen molar-refractivity contribution in [2.45, 2.75) is 0 Å². The predicted octanol–water partition coefficient (Wildman–Crippen LogP) is 0.882. The summed E-state index contributed by atoms with van der Waals surface area (Å²) in [5, 5.41) is 0. The van der Waals surface area contributed by atoms with Crippen molar-refractivity contribution in [1.29, 1.82) is 0 Å². The Bertz CT molecular complexity index is 142. The highest BCUT2D eigenvalue weighted by Gasteiger charge is 1.87. The molecule has 1 aromatic rings. The minimum Gasteiger partial charge on any atom is -0.397 e. The Labute approximate surface area is 43.6 Å². The average Bonchev–Trinajstić information content (AvgIpc) is 1.91. The summed E-state index contributed by atoms with van der Waals surface area (Å²) < 4.78 is 0. The maximum absolute atomic E-state index is 5.35. The molecule has 1 heterocycles. The van der Waals surface area contributed by atoms with Crippen LogP contribution in [0.3, 0.4) is 0 Å². The Balaban J connectivity index is 3.12. The van der Waals surface area contributed by atoms with E-state index in [-0.39, 0.29) is 0 Å². The third kappa shape index (κ3) is 0.699. The summed E-state index contributed by atoms with van der Waals surface area (Å²) >= 11 is 0. The van der Waals surface area contributed by atoms with Gasteiger partial charge < -0.3 is 11.5 Å². The van der Waals surface area contributed by atoms with Crippen LogP contribution in [0.25, 0.3) is 0 Å². The Morgan fingerprint density at radius 3 is 1.71 bits per heavy atom. The van der Waals surface area contributed by atoms with Gasteiger partial charge >= 0.3 is 0 Å². The van der Waals surface area contributed by atoms with Crippen molar-refractivity contribution in [2.24, 2.45) is 0 Å². The zero-order valence-corrected chi connectivity index (χ0v) is 4.81. The molecule has 0 radical (unpaired) electrons. The summed E-state index contributed by atoms with van der Waals surface area (Å²) in [6.45, 7) is 0. The minimum atomic E-state index is 0.695. The van der Waals surface area contributed by atoms with Gasteiger partial charge in [-0.1, -0.05) is 0 Å². The maximum atomic E-state index is 5.35. The Kier molecular flexibility index (Phi) is 0.953. The molecule has 0 aromatic carbocycles. The van der Waals surface area contributed by atoms with Crippen molar-refractivity contribution in [3.8, 4) is 0 Å². The topological polar surface area (TPSA) is 52.0 Å². The number of hydrogen-bond donors (Lipinski definition) is 2. The van der Waals surface area contributed by atoms with Crippen molar-refractivity contribution in [3.05, 3.63) is 11.6 Å². The standard InChI is InChI=1S/C4H7N2P/c5-3-1-7-2-4(3)6/h1-2,7H,5-6H2. The fourth-order valence-electron chi connectivity index (χ4n) is 0.388. The Morgan fingerprint density at radius 1 is 1.14 bits per heavy atom. The molecule has 0 saturated carbocycles. The summed E-state index contributed by atoms with van der Waals surface area (Å²) in [6, 6.07) is 0.